The zero-order chi connectivity index (χ0) is 18.8. The lowest BCUT2D eigenvalue weighted by atomic mass is 10.1. The Morgan fingerprint density at radius 2 is 1.81 bits per heavy atom. The van der Waals surface area contributed by atoms with Crippen LogP contribution in [0.1, 0.15) is 17.3 Å². The van der Waals surface area contributed by atoms with E-state index < -0.39 is 0 Å². The maximum Gasteiger partial charge on any atom is 0.226 e. The summed E-state index contributed by atoms with van der Waals surface area (Å²) in [5.41, 5.74) is 3.41. The molecule has 0 spiro atoms. The first kappa shape index (κ1) is 17.5. The topological polar surface area (TPSA) is 56.7 Å². The lowest BCUT2D eigenvalue weighted by molar-refractivity contribution is 0.485. The molecule has 4 aromatic rings. The number of aromatic nitrogens is 4. The first-order chi connectivity index (χ1) is 13.1. The van der Waals surface area contributed by atoms with E-state index in [1.165, 1.54) is 17.8 Å². The third-order valence-corrected chi connectivity index (χ3v) is 5.00. The fraction of sp³-hybridized carbons (Fsp3) is 0.150. The van der Waals surface area contributed by atoms with Crippen molar-refractivity contribution in [3.05, 3.63) is 77.9 Å². The summed E-state index contributed by atoms with van der Waals surface area (Å²) in [5.74, 6) is 1.18. The van der Waals surface area contributed by atoms with Crippen LogP contribution in [0.4, 0.5) is 4.39 Å². The van der Waals surface area contributed by atoms with Gasteiger partial charge in [-0.05, 0) is 19.1 Å². The van der Waals surface area contributed by atoms with E-state index in [-0.39, 0.29) is 5.82 Å². The van der Waals surface area contributed by atoms with Gasteiger partial charge in [-0.1, -0.05) is 53.7 Å². The molecule has 0 atom stereocenters. The summed E-state index contributed by atoms with van der Waals surface area (Å²) in [6.45, 7) is 3.78. The molecule has 0 bridgehead atoms. The summed E-state index contributed by atoms with van der Waals surface area (Å²) in [6.07, 6.45) is 1.76. The molecule has 0 saturated carbocycles. The average Bonchev–Trinajstić information content (AvgIpc) is 3.27. The number of imidazole rings is 1. The largest absolute Gasteiger partial charge is 0.425 e. The van der Waals surface area contributed by atoms with Crippen LogP contribution >= 0.6 is 11.8 Å². The summed E-state index contributed by atoms with van der Waals surface area (Å²) in [7, 11) is 0. The number of halogens is 1. The molecule has 4 rings (SSSR count). The molecule has 7 heteroatoms. The molecule has 0 fully saturated rings. The molecular formula is C20H17FN4OS. The maximum absolute atomic E-state index is 14.6. The van der Waals surface area contributed by atoms with E-state index in [9.17, 15) is 4.39 Å². The van der Waals surface area contributed by atoms with E-state index >= 15 is 0 Å². The molecule has 2 aromatic carbocycles. The molecule has 0 N–H and O–H groups in total. The SMILES string of the molecule is Cc1ccc(-c2cnc(SCc3nnc(C)o3)n2-c2ccccc2F)cc1. The number of nitrogens with zero attached hydrogens (tertiary/aromatic N) is 4. The van der Waals surface area contributed by atoms with Gasteiger partial charge in [0, 0.05) is 12.5 Å². The van der Waals surface area contributed by atoms with Gasteiger partial charge in [-0.3, -0.25) is 4.57 Å². The van der Waals surface area contributed by atoms with Gasteiger partial charge in [-0.2, -0.15) is 0 Å². The molecule has 0 radical (unpaired) electrons. The Balaban J connectivity index is 1.77. The number of thioether (sulfide) groups is 1. The molecule has 2 heterocycles. The highest BCUT2D eigenvalue weighted by Crippen LogP contribution is 2.32. The Kier molecular flexibility index (Phi) is 4.77. The van der Waals surface area contributed by atoms with E-state index in [0.29, 0.717) is 28.4 Å². The molecule has 0 saturated heterocycles. The molecule has 2 aromatic heterocycles. The van der Waals surface area contributed by atoms with Crippen LogP contribution in [0, 0.1) is 19.7 Å². The van der Waals surface area contributed by atoms with Crippen LogP contribution in [0.5, 0.6) is 0 Å². The van der Waals surface area contributed by atoms with Crippen molar-refractivity contribution in [2.24, 2.45) is 0 Å². The van der Waals surface area contributed by atoms with E-state index in [4.69, 9.17) is 4.42 Å². The molecule has 136 valence electrons. The standard InChI is InChI=1S/C20H17FN4OS/c1-13-7-9-15(10-8-13)18-11-22-20(27-12-19-24-23-14(2)26-19)25(18)17-6-4-3-5-16(17)21/h3-11H,12H2,1-2H3. The van der Waals surface area contributed by atoms with Crippen LogP contribution in [0.15, 0.2) is 64.3 Å². The molecule has 0 unspecified atom stereocenters. The first-order valence-corrected chi connectivity index (χ1v) is 9.42. The molecule has 0 aliphatic heterocycles. The minimum Gasteiger partial charge on any atom is -0.425 e. The van der Waals surface area contributed by atoms with Gasteiger partial charge in [-0.25, -0.2) is 9.37 Å². The fourth-order valence-corrected chi connectivity index (χ4v) is 3.57. The molecule has 5 nitrogen and oxygen atoms in total. The highest BCUT2D eigenvalue weighted by Gasteiger charge is 2.17. The second kappa shape index (κ2) is 7.36. The predicted molar refractivity (Wildman–Crippen MR) is 102 cm³/mol. The van der Waals surface area contributed by atoms with Gasteiger partial charge in [0.25, 0.3) is 0 Å². The van der Waals surface area contributed by atoms with Gasteiger partial charge in [0.1, 0.15) is 5.82 Å². The van der Waals surface area contributed by atoms with Crippen molar-refractivity contribution in [2.45, 2.75) is 24.8 Å². The van der Waals surface area contributed by atoms with Crippen molar-refractivity contribution in [3.63, 3.8) is 0 Å². The summed E-state index contributed by atoms with van der Waals surface area (Å²) in [5, 5.41) is 8.50. The first-order valence-electron chi connectivity index (χ1n) is 8.43. The van der Waals surface area contributed by atoms with Crippen LogP contribution in [0.3, 0.4) is 0 Å². The molecular weight excluding hydrogens is 363 g/mol. The lowest BCUT2D eigenvalue weighted by Crippen LogP contribution is -2.02. The highest BCUT2D eigenvalue weighted by molar-refractivity contribution is 7.98. The summed E-state index contributed by atoms with van der Waals surface area (Å²) in [4.78, 5) is 4.52. The second-order valence-corrected chi connectivity index (χ2v) is 7.02. The van der Waals surface area contributed by atoms with E-state index in [2.05, 4.69) is 15.2 Å². The van der Waals surface area contributed by atoms with Crippen molar-refractivity contribution >= 4 is 11.8 Å². The van der Waals surface area contributed by atoms with Gasteiger partial charge in [0.05, 0.1) is 23.3 Å². The van der Waals surface area contributed by atoms with Gasteiger partial charge < -0.3 is 4.42 Å². The number of benzene rings is 2. The lowest BCUT2D eigenvalue weighted by Gasteiger charge is -2.12. The van der Waals surface area contributed by atoms with E-state index in [1.807, 2.05) is 41.8 Å². The number of aryl methyl sites for hydroxylation is 2. The maximum atomic E-state index is 14.6. The Bertz CT molecular complexity index is 1070. The molecule has 0 aliphatic rings. The average molecular weight is 380 g/mol. The van der Waals surface area contributed by atoms with E-state index in [1.54, 1.807) is 25.3 Å². The van der Waals surface area contributed by atoms with Gasteiger partial charge in [-0.15, -0.1) is 10.2 Å². The van der Waals surface area contributed by atoms with Crippen LogP contribution in [-0.4, -0.2) is 19.7 Å². The number of rotatable bonds is 5. The number of hydrogen-bond acceptors (Lipinski definition) is 5. The Hall–Kier alpha value is -2.93. The van der Waals surface area contributed by atoms with Crippen LogP contribution in [-0.2, 0) is 5.75 Å². The summed E-state index contributed by atoms with van der Waals surface area (Å²) < 4.78 is 21.8. The van der Waals surface area contributed by atoms with Crippen molar-refractivity contribution < 1.29 is 8.81 Å². The van der Waals surface area contributed by atoms with Crippen molar-refractivity contribution in [1.29, 1.82) is 0 Å². The molecule has 0 amide bonds. The van der Waals surface area contributed by atoms with Gasteiger partial charge in [0.2, 0.25) is 11.8 Å². The molecule has 27 heavy (non-hydrogen) atoms. The van der Waals surface area contributed by atoms with Crippen LogP contribution in [0.25, 0.3) is 16.9 Å². The third-order valence-electron chi connectivity index (χ3n) is 4.06. The fourth-order valence-electron chi connectivity index (χ4n) is 2.75. The number of para-hydroxylation sites is 1. The second-order valence-electron chi connectivity index (χ2n) is 6.08. The quantitative estimate of drug-likeness (QED) is 0.458. The Labute approximate surface area is 160 Å². The van der Waals surface area contributed by atoms with Gasteiger partial charge >= 0.3 is 0 Å². The Morgan fingerprint density at radius 3 is 2.52 bits per heavy atom. The van der Waals surface area contributed by atoms with Crippen molar-refractivity contribution in [2.75, 3.05) is 0 Å². The van der Waals surface area contributed by atoms with E-state index in [0.717, 1.165) is 16.8 Å². The highest BCUT2D eigenvalue weighted by atomic mass is 32.2. The number of hydrogen-bond donors (Lipinski definition) is 0. The Morgan fingerprint density at radius 1 is 1.04 bits per heavy atom. The van der Waals surface area contributed by atoms with Crippen molar-refractivity contribution in [1.82, 2.24) is 19.7 Å². The molecule has 0 aliphatic carbocycles. The third kappa shape index (κ3) is 3.64. The smallest absolute Gasteiger partial charge is 0.226 e. The predicted octanol–water partition coefficient (Wildman–Crippen LogP) is 4.97. The van der Waals surface area contributed by atoms with Crippen molar-refractivity contribution in [3.8, 4) is 16.9 Å². The monoisotopic (exact) mass is 380 g/mol. The minimum atomic E-state index is -0.306. The minimum absolute atomic E-state index is 0.306. The van der Waals surface area contributed by atoms with Crippen LogP contribution < -0.4 is 0 Å². The summed E-state index contributed by atoms with van der Waals surface area (Å²) in [6, 6.07) is 14.8. The van der Waals surface area contributed by atoms with Gasteiger partial charge in [0.15, 0.2) is 5.16 Å². The normalized spacial score (nSPS) is 11.1. The summed E-state index contributed by atoms with van der Waals surface area (Å²) >= 11 is 1.42. The zero-order valence-electron chi connectivity index (χ0n) is 14.9. The van der Waals surface area contributed by atoms with Crippen LogP contribution in [0.2, 0.25) is 0 Å². The zero-order valence-corrected chi connectivity index (χ0v) is 15.7.